The number of benzene rings is 9. The third-order valence-electron chi connectivity index (χ3n) is 11.2. The number of furan rings is 1. The maximum Gasteiger partial charge on any atom is 0.166 e. The largest absolute Gasteiger partial charge is 0.455 e. The van der Waals surface area contributed by atoms with E-state index in [1.165, 1.54) is 12.1 Å². The summed E-state index contributed by atoms with van der Waals surface area (Å²) in [6.45, 7) is 0. The monoisotopic (exact) mass is 772 g/mol. The van der Waals surface area contributed by atoms with Crippen LogP contribution >= 0.6 is 0 Å². The summed E-state index contributed by atoms with van der Waals surface area (Å²) in [5, 5.41) is 4.42. The zero-order valence-corrected chi connectivity index (χ0v) is 31.9. The molecule has 0 fully saturated rings. The molecule has 12 rings (SSSR count). The first kappa shape index (κ1) is 28.3. The molecule has 0 amide bonds. The third kappa shape index (κ3) is 5.44. The summed E-state index contributed by atoms with van der Waals surface area (Å²) in [7, 11) is 0. The van der Waals surface area contributed by atoms with Gasteiger partial charge in [0.05, 0.1) is 24.9 Å². The second-order valence-corrected chi connectivity index (χ2v) is 14.7. The molecule has 5 heteroatoms. The van der Waals surface area contributed by atoms with Crippen LogP contribution in [0.25, 0.3) is 117 Å². The molecular formula is C55H34N4O. The van der Waals surface area contributed by atoms with E-state index in [2.05, 4.69) is 42.5 Å². The number of nitrogens with zero attached hydrogens (tertiary/aromatic N) is 4. The van der Waals surface area contributed by atoms with Crippen molar-refractivity contribution < 1.29 is 12.6 Å². The van der Waals surface area contributed by atoms with Crippen LogP contribution in [-0.2, 0) is 0 Å². The Morgan fingerprint density at radius 2 is 0.933 bits per heavy atom. The maximum atomic E-state index is 9.44. The Kier molecular flexibility index (Phi) is 6.48. The third-order valence-corrected chi connectivity index (χ3v) is 11.2. The standard InChI is InChI=1S/C55H34N4O/c1-2-16-37(17-3-1)53-56-54(38-33-31-36(32-34-38)40-23-12-18-35-15-4-5-19-39(35)40)58-55(57-53)47-27-13-24-44(46-26-14-25-45-43-22-8-11-30-50(43)60-52(45)46)51(47)59-48-28-9-6-20-41(48)42-21-7-10-29-49(42)59/h1-34H/i6D,7D,20D,21D,28D,29D. The molecule has 0 spiro atoms. The van der Waals surface area contributed by atoms with Crippen molar-refractivity contribution in [2.24, 2.45) is 0 Å². The SMILES string of the molecule is [2H]c1cc([2H])c2c(c1[2H])c1c([2H])c([2H])cc([2H])c1n2-c1c(-c2nc(-c3ccccc3)nc(-c3ccc(-c4cccc5ccccc45)cc3)n2)cccc1-c1cccc2c1oc1ccccc12. The Bertz CT molecular complexity index is 3880. The Balaban J connectivity index is 1.18. The second-order valence-electron chi connectivity index (χ2n) is 14.7. The summed E-state index contributed by atoms with van der Waals surface area (Å²) in [5.41, 5.74) is 7.75. The van der Waals surface area contributed by atoms with Gasteiger partial charge in [0.15, 0.2) is 17.5 Å². The molecule has 0 bridgehead atoms. The van der Waals surface area contributed by atoms with E-state index in [0.29, 0.717) is 51.0 Å². The molecule has 0 aliphatic heterocycles. The molecule has 60 heavy (non-hydrogen) atoms. The number of fused-ring (bicyclic) bond motifs is 7. The van der Waals surface area contributed by atoms with E-state index in [1.807, 2.05) is 115 Å². The molecule has 0 N–H and O–H groups in total. The number of hydrogen-bond acceptors (Lipinski definition) is 4. The predicted molar refractivity (Wildman–Crippen MR) is 246 cm³/mol. The van der Waals surface area contributed by atoms with Crippen LogP contribution in [0.5, 0.6) is 0 Å². The van der Waals surface area contributed by atoms with Gasteiger partial charge in [0.25, 0.3) is 0 Å². The van der Waals surface area contributed by atoms with Crippen molar-refractivity contribution in [3.8, 4) is 62.1 Å². The van der Waals surface area contributed by atoms with E-state index in [1.54, 1.807) is 4.57 Å². The molecule has 280 valence electrons. The highest BCUT2D eigenvalue weighted by Gasteiger charge is 2.24. The Labute approximate surface area is 353 Å². The van der Waals surface area contributed by atoms with E-state index >= 15 is 0 Å². The first-order valence-electron chi connectivity index (χ1n) is 22.7. The fourth-order valence-electron chi connectivity index (χ4n) is 8.50. The molecule has 0 saturated heterocycles. The van der Waals surface area contributed by atoms with Crippen molar-refractivity contribution in [2.45, 2.75) is 0 Å². The molecule has 0 aliphatic carbocycles. The molecule has 3 aromatic heterocycles. The highest BCUT2D eigenvalue weighted by Crippen LogP contribution is 2.44. The molecule has 5 nitrogen and oxygen atoms in total. The summed E-state index contributed by atoms with van der Waals surface area (Å²) >= 11 is 0. The van der Waals surface area contributed by atoms with Crippen molar-refractivity contribution in [1.82, 2.24) is 19.5 Å². The van der Waals surface area contributed by atoms with Gasteiger partial charge >= 0.3 is 0 Å². The van der Waals surface area contributed by atoms with Crippen molar-refractivity contribution in [3.63, 3.8) is 0 Å². The van der Waals surface area contributed by atoms with E-state index in [4.69, 9.17) is 22.1 Å². The molecule has 0 radical (unpaired) electrons. The van der Waals surface area contributed by atoms with Gasteiger partial charge in [-0.25, -0.2) is 15.0 Å². The first-order valence-corrected chi connectivity index (χ1v) is 19.7. The van der Waals surface area contributed by atoms with Gasteiger partial charge in [0, 0.05) is 49.4 Å². The van der Waals surface area contributed by atoms with Crippen LogP contribution < -0.4 is 0 Å². The molecule has 0 aliphatic rings. The lowest BCUT2D eigenvalue weighted by atomic mass is 9.96. The van der Waals surface area contributed by atoms with Crippen LogP contribution in [0.1, 0.15) is 8.22 Å². The van der Waals surface area contributed by atoms with E-state index in [-0.39, 0.29) is 58.1 Å². The Morgan fingerprint density at radius 3 is 1.72 bits per heavy atom. The van der Waals surface area contributed by atoms with Crippen LogP contribution in [0.4, 0.5) is 0 Å². The van der Waals surface area contributed by atoms with Gasteiger partial charge in [-0.05, 0) is 46.1 Å². The molecule has 0 saturated carbocycles. The number of aromatic nitrogens is 4. The summed E-state index contributed by atoms with van der Waals surface area (Å²) < 4.78 is 63.1. The highest BCUT2D eigenvalue weighted by molar-refractivity contribution is 6.13. The van der Waals surface area contributed by atoms with E-state index < -0.39 is 0 Å². The summed E-state index contributed by atoms with van der Waals surface area (Å²) in [6, 6.07) is 53.6. The summed E-state index contributed by atoms with van der Waals surface area (Å²) in [4.78, 5) is 15.5. The van der Waals surface area contributed by atoms with Crippen LogP contribution in [0.2, 0.25) is 0 Å². The predicted octanol–water partition coefficient (Wildman–Crippen LogP) is 14.4. The van der Waals surface area contributed by atoms with Gasteiger partial charge < -0.3 is 8.98 Å². The van der Waals surface area contributed by atoms with Crippen molar-refractivity contribution >= 4 is 54.5 Å². The van der Waals surface area contributed by atoms with Gasteiger partial charge in [-0.3, -0.25) is 0 Å². The molecule has 12 aromatic rings. The molecule has 3 heterocycles. The lowest BCUT2D eigenvalue weighted by Gasteiger charge is -2.19. The lowest BCUT2D eigenvalue weighted by molar-refractivity contribution is 0.670. The minimum Gasteiger partial charge on any atom is -0.455 e. The lowest BCUT2D eigenvalue weighted by Crippen LogP contribution is -2.05. The molecule has 0 unspecified atom stereocenters. The fourth-order valence-corrected chi connectivity index (χ4v) is 8.50. The molecule has 9 aromatic carbocycles. The normalized spacial score (nSPS) is 13.1. The van der Waals surface area contributed by atoms with Crippen LogP contribution in [0.15, 0.2) is 211 Å². The molecular weight excluding hydrogens is 733 g/mol. The summed E-state index contributed by atoms with van der Waals surface area (Å²) in [6.07, 6.45) is 0. The summed E-state index contributed by atoms with van der Waals surface area (Å²) in [5.74, 6) is 1.14. The van der Waals surface area contributed by atoms with Gasteiger partial charge in [-0.2, -0.15) is 0 Å². The van der Waals surface area contributed by atoms with Crippen LogP contribution in [0.3, 0.4) is 0 Å². The van der Waals surface area contributed by atoms with Crippen LogP contribution in [0, 0.1) is 0 Å². The van der Waals surface area contributed by atoms with E-state index in [9.17, 15) is 5.48 Å². The number of hydrogen-bond donors (Lipinski definition) is 0. The van der Waals surface area contributed by atoms with Crippen LogP contribution in [-0.4, -0.2) is 19.5 Å². The first-order chi connectivity index (χ1) is 32.2. The quantitative estimate of drug-likeness (QED) is 0.169. The Hall–Kier alpha value is -8.15. The Morgan fingerprint density at radius 1 is 0.383 bits per heavy atom. The van der Waals surface area contributed by atoms with Crippen molar-refractivity contribution in [2.75, 3.05) is 0 Å². The minimum absolute atomic E-state index is 0.0807. The number of rotatable bonds is 6. The zero-order valence-electron chi connectivity index (χ0n) is 37.9. The maximum absolute atomic E-state index is 9.44. The van der Waals surface area contributed by atoms with Gasteiger partial charge in [-0.1, -0.05) is 182 Å². The molecule has 0 atom stereocenters. The topological polar surface area (TPSA) is 56.7 Å². The van der Waals surface area contributed by atoms with Gasteiger partial charge in [0.1, 0.15) is 11.2 Å². The number of para-hydroxylation sites is 5. The van der Waals surface area contributed by atoms with E-state index in [0.717, 1.165) is 43.8 Å². The smallest absolute Gasteiger partial charge is 0.166 e. The zero-order chi connectivity index (χ0) is 44.8. The average molecular weight is 773 g/mol. The van der Waals surface area contributed by atoms with Gasteiger partial charge in [-0.15, -0.1) is 0 Å². The van der Waals surface area contributed by atoms with Crippen molar-refractivity contribution in [3.05, 3.63) is 206 Å². The fraction of sp³-hybridized carbons (Fsp3) is 0. The average Bonchev–Trinajstić information content (AvgIpc) is 3.93. The second kappa shape index (κ2) is 13.8. The minimum atomic E-state index is -0.206. The van der Waals surface area contributed by atoms with Gasteiger partial charge in [0.2, 0.25) is 0 Å². The highest BCUT2D eigenvalue weighted by atomic mass is 16.3. The van der Waals surface area contributed by atoms with Crippen molar-refractivity contribution in [1.29, 1.82) is 0 Å².